The lowest BCUT2D eigenvalue weighted by molar-refractivity contribution is 0.215. The van der Waals surface area contributed by atoms with Crippen molar-refractivity contribution in [1.82, 2.24) is 20.6 Å². The van der Waals surface area contributed by atoms with Crippen molar-refractivity contribution in [3.8, 4) is 0 Å². The van der Waals surface area contributed by atoms with Gasteiger partial charge in [-0.05, 0) is 51.1 Å². The third kappa shape index (κ3) is 3.61. The van der Waals surface area contributed by atoms with Gasteiger partial charge in [0.05, 0.1) is 0 Å². The van der Waals surface area contributed by atoms with E-state index in [1.807, 2.05) is 12.4 Å². The Morgan fingerprint density at radius 1 is 1.20 bits per heavy atom. The zero-order chi connectivity index (χ0) is 13.6. The van der Waals surface area contributed by atoms with E-state index in [-0.39, 0.29) is 0 Å². The van der Waals surface area contributed by atoms with Crippen molar-refractivity contribution in [2.45, 2.75) is 63.5 Å². The molecule has 0 spiro atoms. The predicted molar refractivity (Wildman–Crippen MR) is 81.7 cm³/mol. The summed E-state index contributed by atoms with van der Waals surface area (Å²) in [5.74, 6) is 1.97. The SMILES string of the molecule is c1c[nH]c(CCCNC2CCCCC2C2CCCN2)n1. The summed E-state index contributed by atoms with van der Waals surface area (Å²) in [7, 11) is 0. The standard InChI is InChI=1S/C16H28N4/c1-2-6-14(13(5-1)15-7-3-9-17-15)18-10-4-8-16-19-11-12-20-16/h11-15,17-18H,1-10H2,(H,19,20). The highest BCUT2D eigenvalue weighted by Crippen LogP contribution is 2.30. The molecule has 4 heteroatoms. The lowest BCUT2D eigenvalue weighted by atomic mass is 9.79. The van der Waals surface area contributed by atoms with Crippen LogP contribution in [0.4, 0.5) is 0 Å². The Bertz CT molecular complexity index is 370. The quantitative estimate of drug-likeness (QED) is 0.699. The molecule has 0 bridgehead atoms. The molecule has 3 atom stereocenters. The van der Waals surface area contributed by atoms with E-state index in [9.17, 15) is 0 Å². The molecule has 2 aliphatic rings. The Hall–Kier alpha value is -0.870. The minimum Gasteiger partial charge on any atom is -0.349 e. The fourth-order valence-corrected chi connectivity index (χ4v) is 3.95. The molecule has 0 radical (unpaired) electrons. The summed E-state index contributed by atoms with van der Waals surface area (Å²) < 4.78 is 0. The largest absolute Gasteiger partial charge is 0.349 e. The Morgan fingerprint density at radius 3 is 2.95 bits per heavy atom. The molecule has 3 rings (SSSR count). The van der Waals surface area contributed by atoms with E-state index in [4.69, 9.17) is 0 Å². The van der Waals surface area contributed by atoms with Gasteiger partial charge in [-0.1, -0.05) is 12.8 Å². The van der Waals surface area contributed by atoms with E-state index in [0.717, 1.165) is 36.8 Å². The number of hydrogen-bond acceptors (Lipinski definition) is 3. The molecule has 1 saturated carbocycles. The van der Waals surface area contributed by atoms with Crippen LogP contribution in [-0.4, -0.2) is 35.1 Å². The van der Waals surface area contributed by atoms with Crippen LogP contribution in [0.1, 0.15) is 50.8 Å². The summed E-state index contributed by atoms with van der Waals surface area (Å²) in [6.45, 7) is 2.35. The Kier molecular flexibility index (Phi) is 5.09. The normalized spacial score (nSPS) is 30.7. The van der Waals surface area contributed by atoms with Crippen molar-refractivity contribution in [3.63, 3.8) is 0 Å². The molecule has 1 aliphatic carbocycles. The van der Waals surface area contributed by atoms with Crippen molar-refractivity contribution in [2.75, 3.05) is 13.1 Å². The third-order valence-electron chi connectivity index (χ3n) is 4.99. The van der Waals surface area contributed by atoms with Gasteiger partial charge in [0.25, 0.3) is 0 Å². The van der Waals surface area contributed by atoms with Gasteiger partial charge < -0.3 is 15.6 Å². The predicted octanol–water partition coefficient (Wildman–Crippen LogP) is 2.24. The van der Waals surface area contributed by atoms with Crippen LogP contribution in [0.15, 0.2) is 12.4 Å². The van der Waals surface area contributed by atoms with Gasteiger partial charge in [0.15, 0.2) is 0 Å². The smallest absolute Gasteiger partial charge is 0.106 e. The van der Waals surface area contributed by atoms with Crippen molar-refractivity contribution >= 4 is 0 Å². The Labute approximate surface area is 122 Å². The van der Waals surface area contributed by atoms with Crippen LogP contribution in [0.25, 0.3) is 0 Å². The van der Waals surface area contributed by atoms with Gasteiger partial charge in [0.1, 0.15) is 5.82 Å². The van der Waals surface area contributed by atoms with Crippen molar-refractivity contribution in [1.29, 1.82) is 0 Å². The fraction of sp³-hybridized carbons (Fsp3) is 0.812. The van der Waals surface area contributed by atoms with Gasteiger partial charge in [-0.15, -0.1) is 0 Å². The molecule has 20 heavy (non-hydrogen) atoms. The number of hydrogen-bond donors (Lipinski definition) is 3. The lowest BCUT2D eigenvalue weighted by Crippen LogP contribution is -2.47. The molecule has 112 valence electrons. The fourth-order valence-electron chi connectivity index (χ4n) is 3.95. The van der Waals surface area contributed by atoms with Crippen molar-refractivity contribution in [3.05, 3.63) is 18.2 Å². The number of aromatic amines is 1. The number of aromatic nitrogens is 2. The maximum absolute atomic E-state index is 4.29. The lowest BCUT2D eigenvalue weighted by Gasteiger charge is -2.36. The highest BCUT2D eigenvalue weighted by molar-refractivity contribution is 4.92. The first-order valence-electron chi connectivity index (χ1n) is 8.38. The van der Waals surface area contributed by atoms with Gasteiger partial charge in [0, 0.05) is 30.9 Å². The average Bonchev–Trinajstić information content (AvgIpc) is 3.17. The Morgan fingerprint density at radius 2 is 2.15 bits per heavy atom. The van der Waals surface area contributed by atoms with E-state index in [0.29, 0.717) is 0 Å². The molecular weight excluding hydrogens is 248 g/mol. The second kappa shape index (κ2) is 7.23. The summed E-state index contributed by atoms with van der Waals surface area (Å²) in [6.07, 6.45) is 14.3. The second-order valence-electron chi connectivity index (χ2n) is 6.35. The molecule has 4 nitrogen and oxygen atoms in total. The zero-order valence-electron chi connectivity index (χ0n) is 12.4. The summed E-state index contributed by atoms with van der Waals surface area (Å²) in [4.78, 5) is 7.47. The first-order valence-corrected chi connectivity index (χ1v) is 8.38. The van der Waals surface area contributed by atoms with Crippen LogP contribution in [0.3, 0.4) is 0 Å². The van der Waals surface area contributed by atoms with Crippen molar-refractivity contribution in [2.24, 2.45) is 5.92 Å². The topological polar surface area (TPSA) is 52.7 Å². The number of H-pyrrole nitrogens is 1. The molecular formula is C16H28N4. The maximum atomic E-state index is 4.29. The van der Waals surface area contributed by atoms with Crippen LogP contribution in [0.5, 0.6) is 0 Å². The van der Waals surface area contributed by atoms with Crippen LogP contribution in [0, 0.1) is 5.92 Å². The van der Waals surface area contributed by atoms with Crippen LogP contribution >= 0.6 is 0 Å². The van der Waals surface area contributed by atoms with E-state index >= 15 is 0 Å². The van der Waals surface area contributed by atoms with E-state index in [2.05, 4.69) is 20.6 Å². The minimum absolute atomic E-state index is 0.732. The van der Waals surface area contributed by atoms with Crippen molar-refractivity contribution < 1.29 is 0 Å². The molecule has 0 aromatic carbocycles. The second-order valence-corrected chi connectivity index (χ2v) is 6.35. The summed E-state index contributed by atoms with van der Waals surface area (Å²) in [5, 5.41) is 7.54. The van der Waals surface area contributed by atoms with E-state index in [1.54, 1.807) is 0 Å². The molecule has 1 saturated heterocycles. The molecule has 1 aliphatic heterocycles. The Balaban J connectivity index is 1.42. The zero-order valence-corrected chi connectivity index (χ0v) is 12.4. The number of nitrogens with zero attached hydrogens (tertiary/aromatic N) is 1. The monoisotopic (exact) mass is 276 g/mol. The molecule has 2 fully saturated rings. The minimum atomic E-state index is 0.732. The molecule has 3 N–H and O–H groups in total. The number of nitrogens with one attached hydrogen (secondary N) is 3. The highest BCUT2D eigenvalue weighted by atomic mass is 15.0. The van der Waals surface area contributed by atoms with Gasteiger partial charge in [-0.3, -0.25) is 0 Å². The third-order valence-corrected chi connectivity index (χ3v) is 4.99. The molecule has 3 unspecified atom stereocenters. The van der Waals surface area contributed by atoms with Gasteiger partial charge >= 0.3 is 0 Å². The first-order chi connectivity index (χ1) is 9.93. The van der Waals surface area contributed by atoms with Crippen LogP contribution in [-0.2, 0) is 6.42 Å². The van der Waals surface area contributed by atoms with Crippen LogP contribution < -0.4 is 10.6 Å². The summed E-state index contributed by atoms with van der Waals surface area (Å²) >= 11 is 0. The van der Waals surface area contributed by atoms with Crippen LogP contribution in [0.2, 0.25) is 0 Å². The molecule has 1 aromatic rings. The van der Waals surface area contributed by atoms with E-state index < -0.39 is 0 Å². The van der Waals surface area contributed by atoms with Gasteiger partial charge in [-0.25, -0.2) is 4.98 Å². The highest BCUT2D eigenvalue weighted by Gasteiger charge is 2.32. The number of aryl methyl sites for hydroxylation is 1. The number of rotatable bonds is 6. The van der Waals surface area contributed by atoms with Gasteiger partial charge in [-0.2, -0.15) is 0 Å². The summed E-state index contributed by atoms with van der Waals surface area (Å²) in [5.41, 5.74) is 0. The summed E-state index contributed by atoms with van der Waals surface area (Å²) in [6, 6.07) is 1.51. The molecule has 0 amide bonds. The molecule has 2 heterocycles. The van der Waals surface area contributed by atoms with Gasteiger partial charge in [0.2, 0.25) is 0 Å². The average molecular weight is 276 g/mol. The maximum Gasteiger partial charge on any atom is 0.106 e. The van der Waals surface area contributed by atoms with E-state index in [1.165, 1.54) is 51.5 Å². The first kappa shape index (κ1) is 14.1. The molecule has 1 aromatic heterocycles. The number of imidazole rings is 1.